The first-order chi connectivity index (χ1) is 7.88. The number of H-pyrrole nitrogens is 1. The van der Waals surface area contributed by atoms with Crippen LogP contribution < -0.4 is 5.73 Å². The molecule has 0 aliphatic heterocycles. The van der Waals surface area contributed by atoms with Crippen molar-refractivity contribution in [2.24, 2.45) is 5.73 Å². The lowest BCUT2D eigenvalue weighted by Crippen LogP contribution is -2.14. The quantitative estimate of drug-likeness (QED) is 0.828. The molecule has 0 radical (unpaired) electrons. The molecule has 2 rings (SSSR count). The number of hydrogen-bond acceptors (Lipinski definition) is 2. The second kappa shape index (κ2) is 3.87. The number of aromatic nitrogens is 2. The maximum Gasteiger partial charge on any atom is 0.221 e. The van der Waals surface area contributed by atoms with E-state index in [1.54, 1.807) is 6.20 Å². The van der Waals surface area contributed by atoms with Crippen LogP contribution in [0.1, 0.15) is 31.9 Å². The van der Waals surface area contributed by atoms with Crippen molar-refractivity contribution in [1.29, 1.82) is 0 Å². The van der Waals surface area contributed by atoms with Crippen LogP contribution in [0.25, 0.3) is 11.0 Å². The van der Waals surface area contributed by atoms with Crippen molar-refractivity contribution in [2.45, 2.75) is 32.6 Å². The standard InChI is InChI=1S/C13H17N3O/c1-13(2,3)9-5-10-8(4-11(14)17)6-15-12(10)16-7-9/h5-7H,4H2,1-3H3,(H2,14,17)(H,15,16). The number of fused-ring (bicyclic) bond motifs is 1. The number of carbonyl (C=O) groups is 1. The highest BCUT2D eigenvalue weighted by Crippen LogP contribution is 2.26. The number of primary amides is 1. The molecular weight excluding hydrogens is 214 g/mol. The second-order valence-corrected chi connectivity index (χ2v) is 5.33. The molecular formula is C13H17N3O. The third-order valence-electron chi connectivity index (χ3n) is 2.85. The molecule has 0 fully saturated rings. The summed E-state index contributed by atoms with van der Waals surface area (Å²) in [5.41, 5.74) is 8.13. The average Bonchev–Trinajstić information content (AvgIpc) is 2.59. The summed E-state index contributed by atoms with van der Waals surface area (Å²) in [6.45, 7) is 6.41. The molecule has 0 unspecified atom stereocenters. The number of hydrogen-bond donors (Lipinski definition) is 2. The van der Waals surface area contributed by atoms with E-state index in [-0.39, 0.29) is 17.7 Å². The molecule has 90 valence electrons. The molecule has 0 saturated heterocycles. The molecule has 2 aromatic heterocycles. The minimum Gasteiger partial charge on any atom is -0.369 e. The maximum absolute atomic E-state index is 11.0. The molecule has 0 bridgehead atoms. The van der Waals surface area contributed by atoms with E-state index in [9.17, 15) is 4.79 Å². The van der Waals surface area contributed by atoms with Crippen LogP contribution in [0.3, 0.4) is 0 Å². The largest absolute Gasteiger partial charge is 0.369 e. The fraction of sp³-hybridized carbons (Fsp3) is 0.385. The van der Waals surface area contributed by atoms with Gasteiger partial charge in [0.05, 0.1) is 6.42 Å². The number of carbonyl (C=O) groups excluding carboxylic acids is 1. The molecule has 2 heterocycles. The SMILES string of the molecule is CC(C)(C)c1cnc2[nH]cc(CC(N)=O)c2c1. The topological polar surface area (TPSA) is 71.8 Å². The lowest BCUT2D eigenvalue weighted by atomic mass is 9.87. The van der Waals surface area contributed by atoms with E-state index in [0.717, 1.165) is 22.2 Å². The van der Waals surface area contributed by atoms with Crippen LogP contribution in [0.5, 0.6) is 0 Å². The van der Waals surface area contributed by atoms with Gasteiger partial charge >= 0.3 is 0 Å². The summed E-state index contributed by atoms with van der Waals surface area (Å²) < 4.78 is 0. The molecule has 4 heteroatoms. The zero-order chi connectivity index (χ0) is 12.6. The Morgan fingerprint density at radius 1 is 1.47 bits per heavy atom. The number of pyridine rings is 1. The fourth-order valence-electron chi connectivity index (χ4n) is 1.80. The van der Waals surface area contributed by atoms with Gasteiger partial charge in [-0.1, -0.05) is 20.8 Å². The minimum absolute atomic E-state index is 0.0441. The second-order valence-electron chi connectivity index (χ2n) is 5.33. The Labute approximate surface area is 100 Å². The molecule has 0 spiro atoms. The Kier molecular flexibility index (Phi) is 2.65. The zero-order valence-corrected chi connectivity index (χ0v) is 10.4. The van der Waals surface area contributed by atoms with Crippen molar-refractivity contribution in [3.63, 3.8) is 0 Å². The van der Waals surface area contributed by atoms with Crippen LogP contribution in [0.4, 0.5) is 0 Å². The molecule has 0 aromatic carbocycles. The van der Waals surface area contributed by atoms with Crippen LogP contribution in [0, 0.1) is 0 Å². The van der Waals surface area contributed by atoms with Gasteiger partial charge in [0.1, 0.15) is 5.65 Å². The Balaban J connectivity index is 2.54. The number of nitrogens with two attached hydrogens (primary N) is 1. The van der Waals surface area contributed by atoms with Crippen molar-refractivity contribution in [1.82, 2.24) is 9.97 Å². The Hall–Kier alpha value is -1.84. The minimum atomic E-state index is -0.327. The van der Waals surface area contributed by atoms with E-state index in [2.05, 4.69) is 36.8 Å². The highest BCUT2D eigenvalue weighted by molar-refractivity contribution is 5.86. The monoisotopic (exact) mass is 231 g/mol. The van der Waals surface area contributed by atoms with Crippen molar-refractivity contribution in [3.8, 4) is 0 Å². The van der Waals surface area contributed by atoms with Crippen LogP contribution in [-0.2, 0) is 16.6 Å². The molecule has 0 aliphatic rings. The molecule has 0 aliphatic carbocycles. The van der Waals surface area contributed by atoms with Gasteiger partial charge in [0.2, 0.25) is 5.91 Å². The Morgan fingerprint density at radius 2 is 2.18 bits per heavy atom. The highest BCUT2D eigenvalue weighted by atomic mass is 16.1. The van der Waals surface area contributed by atoms with Gasteiger partial charge in [-0.05, 0) is 22.6 Å². The molecule has 17 heavy (non-hydrogen) atoms. The lowest BCUT2D eigenvalue weighted by Gasteiger charge is -2.18. The third kappa shape index (κ3) is 2.30. The van der Waals surface area contributed by atoms with E-state index in [1.165, 1.54) is 0 Å². The summed E-state index contributed by atoms with van der Waals surface area (Å²) in [6, 6.07) is 2.08. The zero-order valence-electron chi connectivity index (χ0n) is 10.4. The van der Waals surface area contributed by atoms with Gasteiger partial charge in [-0.25, -0.2) is 4.98 Å². The lowest BCUT2D eigenvalue weighted by molar-refractivity contribution is -0.117. The predicted molar refractivity (Wildman–Crippen MR) is 67.7 cm³/mol. The molecule has 1 amide bonds. The van der Waals surface area contributed by atoms with Gasteiger partial charge < -0.3 is 10.7 Å². The first-order valence-electron chi connectivity index (χ1n) is 5.63. The first-order valence-corrected chi connectivity index (χ1v) is 5.63. The van der Waals surface area contributed by atoms with Crippen LogP contribution in [0.2, 0.25) is 0 Å². The van der Waals surface area contributed by atoms with E-state index < -0.39 is 0 Å². The van der Waals surface area contributed by atoms with Crippen molar-refractivity contribution >= 4 is 16.9 Å². The molecule has 0 saturated carbocycles. The van der Waals surface area contributed by atoms with E-state index in [1.807, 2.05) is 6.20 Å². The van der Waals surface area contributed by atoms with Crippen LogP contribution in [-0.4, -0.2) is 15.9 Å². The van der Waals surface area contributed by atoms with Gasteiger partial charge in [0.15, 0.2) is 0 Å². The van der Waals surface area contributed by atoms with E-state index in [4.69, 9.17) is 5.73 Å². The molecule has 4 nitrogen and oxygen atoms in total. The number of rotatable bonds is 2. The Bertz CT molecular complexity index is 564. The number of amides is 1. The smallest absolute Gasteiger partial charge is 0.221 e. The van der Waals surface area contributed by atoms with Gasteiger partial charge in [-0.2, -0.15) is 0 Å². The summed E-state index contributed by atoms with van der Waals surface area (Å²) in [4.78, 5) is 18.4. The molecule has 0 atom stereocenters. The van der Waals surface area contributed by atoms with Crippen LogP contribution >= 0.6 is 0 Å². The first kappa shape index (κ1) is 11.6. The molecule has 3 N–H and O–H groups in total. The van der Waals surface area contributed by atoms with Gasteiger partial charge in [0.25, 0.3) is 0 Å². The van der Waals surface area contributed by atoms with Gasteiger partial charge in [-0.15, -0.1) is 0 Å². The highest BCUT2D eigenvalue weighted by Gasteiger charge is 2.16. The fourth-order valence-corrected chi connectivity index (χ4v) is 1.80. The van der Waals surface area contributed by atoms with Gasteiger partial charge in [-0.3, -0.25) is 4.79 Å². The van der Waals surface area contributed by atoms with Crippen molar-refractivity contribution < 1.29 is 4.79 Å². The number of nitrogens with one attached hydrogen (secondary N) is 1. The summed E-state index contributed by atoms with van der Waals surface area (Å²) in [5, 5.41) is 0.983. The normalized spacial score (nSPS) is 11.9. The van der Waals surface area contributed by atoms with Crippen LogP contribution in [0.15, 0.2) is 18.5 Å². The average molecular weight is 231 g/mol. The van der Waals surface area contributed by atoms with Gasteiger partial charge in [0, 0.05) is 17.8 Å². The number of aromatic amines is 1. The predicted octanol–water partition coefficient (Wildman–Crippen LogP) is 1.89. The summed E-state index contributed by atoms with van der Waals surface area (Å²) in [6.07, 6.45) is 3.91. The maximum atomic E-state index is 11.0. The molecule has 2 aromatic rings. The summed E-state index contributed by atoms with van der Waals surface area (Å²) in [5.74, 6) is -0.327. The Morgan fingerprint density at radius 3 is 2.76 bits per heavy atom. The van der Waals surface area contributed by atoms with E-state index >= 15 is 0 Å². The number of nitrogens with zero attached hydrogens (tertiary/aromatic N) is 1. The van der Waals surface area contributed by atoms with Crippen molar-refractivity contribution in [2.75, 3.05) is 0 Å². The van der Waals surface area contributed by atoms with E-state index in [0.29, 0.717) is 0 Å². The van der Waals surface area contributed by atoms with Crippen molar-refractivity contribution in [3.05, 3.63) is 29.6 Å². The summed E-state index contributed by atoms with van der Waals surface area (Å²) >= 11 is 0. The third-order valence-corrected chi connectivity index (χ3v) is 2.85. The summed E-state index contributed by atoms with van der Waals surface area (Å²) in [7, 11) is 0.